The molecule has 4 heteroatoms. The van der Waals surface area contributed by atoms with E-state index in [-0.39, 0.29) is 0 Å². The van der Waals surface area contributed by atoms with E-state index in [1.54, 1.807) is 0 Å². The molecule has 1 saturated heterocycles. The lowest BCUT2D eigenvalue weighted by Crippen LogP contribution is -2.21. The van der Waals surface area contributed by atoms with Gasteiger partial charge in [0, 0.05) is 4.90 Å². The summed E-state index contributed by atoms with van der Waals surface area (Å²) in [5.74, 6) is 0. The zero-order valence-corrected chi connectivity index (χ0v) is 13.9. The third-order valence-corrected chi connectivity index (χ3v) is 3.14. The Hall–Kier alpha value is -0.550. The highest BCUT2D eigenvalue weighted by Crippen LogP contribution is 2.00. The SMILES string of the molecule is C1COCCO1.CCN(CC)CC.Sc1ccccc1. The van der Waals surface area contributed by atoms with Crippen molar-refractivity contribution in [1.82, 2.24) is 4.90 Å². The van der Waals surface area contributed by atoms with Gasteiger partial charge in [-0.1, -0.05) is 39.0 Å². The number of hydrogen-bond donors (Lipinski definition) is 1. The molecule has 1 aromatic carbocycles. The molecule has 1 heterocycles. The second-order valence-corrected chi connectivity index (χ2v) is 4.70. The standard InChI is InChI=1S/C6H15N.C6H6S.C4H8O2/c1-4-7(5-2)6-3;7-6-4-2-1-3-5-6;1-2-6-4-3-5-1/h4-6H2,1-3H3;1-5,7H;1-4H2. The molecule has 0 spiro atoms. The lowest BCUT2D eigenvalue weighted by Gasteiger charge is -2.13. The highest BCUT2D eigenvalue weighted by molar-refractivity contribution is 7.80. The Balaban J connectivity index is 0.000000271. The van der Waals surface area contributed by atoms with Gasteiger partial charge < -0.3 is 14.4 Å². The third kappa shape index (κ3) is 12.5. The van der Waals surface area contributed by atoms with Gasteiger partial charge in [-0.15, -0.1) is 12.6 Å². The average Bonchev–Trinajstić information content (AvgIpc) is 2.53. The number of thiol groups is 1. The molecule has 1 fully saturated rings. The summed E-state index contributed by atoms with van der Waals surface area (Å²) in [7, 11) is 0. The molecule has 0 atom stereocenters. The van der Waals surface area contributed by atoms with E-state index < -0.39 is 0 Å². The molecule has 1 aromatic rings. The molecule has 0 aromatic heterocycles. The first kappa shape index (κ1) is 19.4. The summed E-state index contributed by atoms with van der Waals surface area (Å²) in [6, 6.07) is 9.79. The second-order valence-electron chi connectivity index (χ2n) is 4.18. The first-order valence-corrected chi connectivity index (χ1v) is 7.81. The van der Waals surface area contributed by atoms with Crippen LogP contribution in [0.25, 0.3) is 0 Å². The van der Waals surface area contributed by atoms with Gasteiger partial charge in [0.25, 0.3) is 0 Å². The fraction of sp³-hybridized carbons (Fsp3) is 0.625. The van der Waals surface area contributed by atoms with Crippen molar-refractivity contribution in [3.8, 4) is 0 Å². The quantitative estimate of drug-likeness (QED) is 0.865. The second kappa shape index (κ2) is 14.9. The Labute approximate surface area is 129 Å². The topological polar surface area (TPSA) is 21.7 Å². The van der Waals surface area contributed by atoms with Crippen LogP contribution in [0.4, 0.5) is 0 Å². The molecular formula is C16H29NO2S. The Bertz CT molecular complexity index is 271. The molecule has 0 N–H and O–H groups in total. The molecule has 0 aliphatic carbocycles. The molecule has 1 aliphatic rings. The average molecular weight is 299 g/mol. The van der Waals surface area contributed by atoms with E-state index in [1.807, 2.05) is 30.3 Å². The van der Waals surface area contributed by atoms with Gasteiger partial charge in [-0.05, 0) is 31.8 Å². The highest BCUT2D eigenvalue weighted by atomic mass is 32.1. The van der Waals surface area contributed by atoms with Crippen LogP contribution >= 0.6 is 12.6 Å². The maximum absolute atomic E-state index is 4.94. The number of rotatable bonds is 3. The molecule has 0 saturated carbocycles. The summed E-state index contributed by atoms with van der Waals surface area (Å²) in [5, 5.41) is 0. The van der Waals surface area contributed by atoms with E-state index in [1.165, 1.54) is 19.6 Å². The normalized spacial score (nSPS) is 13.8. The van der Waals surface area contributed by atoms with Crippen molar-refractivity contribution in [3.63, 3.8) is 0 Å². The summed E-state index contributed by atoms with van der Waals surface area (Å²) in [6.07, 6.45) is 0. The van der Waals surface area contributed by atoms with Crippen molar-refractivity contribution in [2.75, 3.05) is 46.1 Å². The molecular weight excluding hydrogens is 270 g/mol. The molecule has 0 amide bonds. The van der Waals surface area contributed by atoms with E-state index in [4.69, 9.17) is 9.47 Å². The Morgan fingerprint density at radius 1 is 0.850 bits per heavy atom. The molecule has 0 unspecified atom stereocenters. The lowest BCUT2D eigenvalue weighted by molar-refractivity contribution is -0.0334. The number of hydrogen-bond acceptors (Lipinski definition) is 4. The maximum Gasteiger partial charge on any atom is 0.0701 e. The minimum absolute atomic E-state index is 0.778. The lowest BCUT2D eigenvalue weighted by atomic mass is 10.4. The summed E-state index contributed by atoms with van der Waals surface area (Å²) in [6.45, 7) is 13.2. The van der Waals surface area contributed by atoms with Gasteiger partial charge in [0.1, 0.15) is 0 Å². The van der Waals surface area contributed by atoms with E-state index in [0.29, 0.717) is 0 Å². The van der Waals surface area contributed by atoms with Crippen LogP contribution < -0.4 is 0 Å². The van der Waals surface area contributed by atoms with Crippen LogP contribution in [-0.4, -0.2) is 51.0 Å². The molecule has 116 valence electrons. The third-order valence-electron chi connectivity index (χ3n) is 2.84. The monoisotopic (exact) mass is 299 g/mol. The van der Waals surface area contributed by atoms with Crippen molar-refractivity contribution in [2.24, 2.45) is 0 Å². The Kier molecular flexibility index (Phi) is 14.4. The summed E-state index contributed by atoms with van der Waals surface area (Å²) in [5.41, 5.74) is 0. The summed E-state index contributed by atoms with van der Waals surface area (Å²) >= 11 is 4.08. The van der Waals surface area contributed by atoms with Crippen LogP contribution in [0.5, 0.6) is 0 Å². The van der Waals surface area contributed by atoms with Gasteiger partial charge in [-0.3, -0.25) is 0 Å². The van der Waals surface area contributed by atoms with Crippen LogP contribution in [0.3, 0.4) is 0 Å². The zero-order chi connectivity index (χ0) is 15.1. The predicted octanol–water partition coefficient (Wildman–Crippen LogP) is 3.36. The van der Waals surface area contributed by atoms with Crippen molar-refractivity contribution in [2.45, 2.75) is 25.7 Å². The van der Waals surface area contributed by atoms with Crippen LogP contribution in [0.1, 0.15) is 20.8 Å². The van der Waals surface area contributed by atoms with Gasteiger partial charge in [0.15, 0.2) is 0 Å². The zero-order valence-electron chi connectivity index (χ0n) is 13.0. The smallest absolute Gasteiger partial charge is 0.0701 e. The van der Waals surface area contributed by atoms with Crippen LogP contribution in [0.15, 0.2) is 35.2 Å². The molecule has 2 rings (SSSR count). The largest absolute Gasteiger partial charge is 0.377 e. The van der Waals surface area contributed by atoms with Gasteiger partial charge in [-0.25, -0.2) is 0 Å². The van der Waals surface area contributed by atoms with Crippen LogP contribution in [0.2, 0.25) is 0 Å². The Morgan fingerprint density at radius 2 is 1.25 bits per heavy atom. The summed E-state index contributed by atoms with van der Waals surface area (Å²) in [4.78, 5) is 3.39. The summed E-state index contributed by atoms with van der Waals surface area (Å²) < 4.78 is 9.89. The number of nitrogens with zero attached hydrogens (tertiary/aromatic N) is 1. The fourth-order valence-corrected chi connectivity index (χ4v) is 1.71. The number of ether oxygens (including phenoxy) is 2. The molecule has 3 nitrogen and oxygen atoms in total. The molecule has 0 bridgehead atoms. The van der Waals surface area contributed by atoms with Gasteiger partial charge in [0.2, 0.25) is 0 Å². The molecule has 0 radical (unpaired) electrons. The van der Waals surface area contributed by atoms with Crippen LogP contribution in [-0.2, 0) is 9.47 Å². The van der Waals surface area contributed by atoms with Gasteiger partial charge in [0.05, 0.1) is 26.4 Å². The fourth-order valence-electron chi connectivity index (χ4n) is 1.54. The van der Waals surface area contributed by atoms with E-state index in [9.17, 15) is 0 Å². The maximum atomic E-state index is 4.94. The van der Waals surface area contributed by atoms with Crippen molar-refractivity contribution >= 4 is 12.6 Å². The van der Waals surface area contributed by atoms with E-state index in [2.05, 4.69) is 38.3 Å². The van der Waals surface area contributed by atoms with Crippen molar-refractivity contribution in [3.05, 3.63) is 30.3 Å². The predicted molar refractivity (Wildman–Crippen MR) is 88.8 cm³/mol. The van der Waals surface area contributed by atoms with Crippen molar-refractivity contribution in [1.29, 1.82) is 0 Å². The first-order chi connectivity index (χ1) is 9.74. The minimum atomic E-state index is 0.778. The van der Waals surface area contributed by atoms with Gasteiger partial charge >= 0.3 is 0 Å². The number of benzene rings is 1. The van der Waals surface area contributed by atoms with E-state index in [0.717, 1.165) is 31.3 Å². The van der Waals surface area contributed by atoms with Gasteiger partial charge in [-0.2, -0.15) is 0 Å². The highest BCUT2D eigenvalue weighted by Gasteiger charge is 1.94. The molecule has 1 aliphatic heterocycles. The minimum Gasteiger partial charge on any atom is -0.377 e. The van der Waals surface area contributed by atoms with E-state index >= 15 is 0 Å². The first-order valence-electron chi connectivity index (χ1n) is 7.36. The molecule has 20 heavy (non-hydrogen) atoms. The Morgan fingerprint density at radius 3 is 1.40 bits per heavy atom. The van der Waals surface area contributed by atoms with Crippen molar-refractivity contribution < 1.29 is 9.47 Å². The van der Waals surface area contributed by atoms with Crippen LogP contribution in [0, 0.1) is 0 Å².